The predicted octanol–water partition coefficient (Wildman–Crippen LogP) is 0.780. The first-order chi connectivity index (χ1) is 11.1. The van der Waals surface area contributed by atoms with Crippen LogP contribution in [0.25, 0.3) is 0 Å². The molecule has 0 fully saturated rings. The summed E-state index contributed by atoms with van der Waals surface area (Å²) in [5.41, 5.74) is 0.363. The van der Waals surface area contributed by atoms with Crippen molar-refractivity contribution in [1.29, 1.82) is 0 Å². The van der Waals surface area contributed by atoms with Gasteiger partial charge in [0.2, 0.25) is 0 Å². The van der Waals surface area contributed by atoms with Gasteiger partial charge in [-0.2, -0.15) is 0 Å². The van der Waals surface area contributed by atoms with E-state index >= 15 is 0 Å². The van der Waals surface area contributed by atoms with Crippen molar-refractivity contribution >= 4 is 5.97 Å². The highest BCUT2D eigenvalue weighted by atomic mass is 16.6. The minimum atomic E-state index is -0.426. The van der Waals surface area contributed by atoms with E-state index in [1.54, 1.807) is 14.0 Å². The van der Waals surface area contributed by atoms with Gasteiger partial charge < -0.3 is 29.0 Å². The summed E-state index contributed by atoms with van der Waals surface area (Å²) in [7, 11) is 3.52. The molecule has 0 aromatic heterocycles. The fraction of sp³-hybridized carbons (Fsp3) is 0.812. The van der Waals surface area contributed by atoms with Crippen molar-refractivity contribution in [2.24, 2.45) is 0 Å². The van der Waals surface area contributed by atoms with Gasteiger partial charge >= 0.3 is 5.97 Å². The molecule has 1 atom stereocenters. The number of nitrogens with one attached hydrogen (secondary N) is 1. The lowest BCUT2D eigenvalue weighted by Crippen LogP contribution is -2.29. The molecular weight excluding hydrogens is 302 g/mol. The van der Waals surface area contributed by atoms with E-state index in [4.69, 9.17) is 23.7 Å². The molecule has 7 heteroatoms. The summed E-state index contributed by atoms with van der Waals surface area (Å²) in [5, 5.41) is 3.05. The molecule has 7 nitrogen and oxygen atoms in total. The molecule has 0 aliphatic heterocycles. The lowest BCUT2D eigenvalue weighted by Gasteiger charge is -2.18. The molecule has 0 radical (unpaired) electrons. The van der Waals surface area contributed by atoms with Crippen molar-refractivity contribution < 1.29 is 28.5 Å². The molecule has 0 amide bonds. The van der Waals surface area contributed by atoms with E-state index in [1.807, 2.05) is 7.05 Å². The van der Waals surface area contributed by atoms with E-state index in [9.17, 15) is 4.79 Å². The van der Waals surface area contributed by atoms with Crippen LogP contribution in [0.1, 0.15) is 13.3 Å². The minimum Gasteiger partial charge on any atom is -0.459 e. The predicted molar refractivity (Wildman–Crippen MR) is 87.6 cm³/mol. The van der Waals surface area contributed by atoms with Gasteiger partial charge in [0.1, 0.15) is 12.7 Å². The van der Waals surface area contributed by atoms with Crippen LogP contribution in [0.4, 0.5) is 0 Å². The van der Waals surface area contributed by atoms with Gasteiger partial charge in [-0.3, -0.25) is 0 Å². The Kier molecular flexibility index (Phi) is 15.2. The second-order valence-electron chi connectivity index (χ2n) is 5.01. The minimum absolute atomic E-state index is 0.135. The summed E-state index contributed by atoms with van der Waals surface area (Å²) in [6.07, 6.45) is 0.591. The van der Waals surface area contributed by atoms with Crippen molar-refractivity contribution in [3.8, 4) is 0 Å². The number of hydrogen-bond donors (Lipinski definition) is 1. The van der Waals surface area contributed by atoms with Crippen LogP contribution in [0, 0.1) is 0 Å². The van der Waals surface area contributed by atoms with Gasteiger partial charge in [0.15, 0.2) is 0 Å². The molecular formula is C16H31NO6. The maximum absolute atomic E-state index is 11.4. The third kappa shape index (κ3) is 14.3. The molecule has 23 heavy (non-hydrogen) atoms. The van der Waals surface area contributed by atoms with Gasteiger partial charge in [-0.25, -0.2) is 4.79 Å². The Labute approximate surface area is 139 Å². The first kappa shape index (κ1) is 22.0. The first-order valence-corrected chi connectivity index (χ1v) is 7.85. The molecule has 0 heterocycles. The summed E-state index contributed by atoms with van der Waals surface area (Å²) < 4.78 is 26.5. The van der Waals surface area contributed by atoms with E-state index in [2.05, 4.69) is 11.9 Å². The molecule has 0 spiro atoms. The van der Waals surface area contributed by atoms with Crippen LogP contribution in [0.5, 0.6) is 0 Å². The molecule has 0 saturated carbocycles. The van der Waals surface area contributed by atoms with Gasteiger partial charge in [0, 0.05) is 19.3 Å². The maximum atomic E-state index is 11.4. The molecule has 0 aromatic rings. The molecule has 136 valence electrons. The second-order valence-corrected chi connectivity index (χ2v) is 5.01. The Bertz CT molecular complexity index is 311. The van der Waals surface area contributed by atoms with E-state index in [0.29, 0.717) is 45.2 Å². The summed E-state index contributed by atoms with van der Waals surface area (Å²) in [6.45, 7) is 9.10. The van der Waals surface area contributed by atoms with Crippen LogP contribution in [0.2, 0.25) is 0 Å². The molecule has 0 aliphatic carbocycles. The van der Waals surface area contributed by atoms with Crippen LogP contribution in [0.3, 0.4) is 0 Å². The van der Waals surface area contributed by atoms with E-state index in [-0.39, 0.29) is 12.7 Å². The average Bonchev–Trinajstić information content (AvgIpc) is 2.54. The zero-order valence-corrected chi connectivity index (χ0v) is 14.6. The third-order valence-corrected chi connectivity index (χ3v) is 2.78. The highest BCUT2D eigenvalue weighted by Crippen LogP contribution is 2.00. The Morgan fingerprint density at radius 2 is 1.83 bits per heavy atom. The maximum Gasteiger partial charge on any atom is 0.333 e. The van der Waals surface area contributed by atoms with Crippen LogP contribution < -0.4 is 5.32 Å². The summed E-state index contributed by atoms with van der Waals surface area (Å²) in [6, 6.07) is 0. The van der Waals surface area contributed by atoms with Gasteiger partial charge in [-0.1, -0.05) is 6.58 Å². The Morgan fingerprint density at radius 1 is 1.09 bits per heavy atom. The Hall–Kier alpha value is -0.990. The molecule has 0 bridgehead atoms. The van der Waals surface area contributed by atoms with Crippen molar-refractivity contribution in [1.82, 2.24) is 5.32 Å². The number of carbonyl (C=O) groups excluding carboxylic acids is 1. The van der Waals surface area contributed by atoms with Crippen LogP contribution >= 0.6 is 0 Å². The summed E-state index contributed by atoms with van der Waals surface area (Å²) in [5.74, 6) is -0.426. The van der Waals surface area contributed by atoms with Crippen molar-refractivity contribution in [2.75, 3.05) is 67.0 Å². The van der Waals surface area contributed by atoms with Crippen LogP contribution in [-0.4, -0.2) is 79.0 Å². The number of ether oxygens (including phenoxy) is 5. The number of hydrogen-bond acceptors (Lipinski definition) is 7. The fourth-order valence-corrected chi connectivity index (χ4v) is 1.52. The van der Waals surface area contributed by atoms with Gasteiger partial charge in [0.05, 0.1) is 33.0 Å². The number of methoxy groups -OCH3 is 1. The van der Waals surface area contributed by atoms with Crippen LogP contribution in [0.15, 0.2) is 12.2 Å². The first-order valence-electron chi connectivity index (χ1n) is 7.85. The zero-order chi connectivity index (χ0) is 17.3. The number of esters is 1. The molecule has 0 aromatic carbocycles. The zero-order valence-electron chi connectivity index (χ0n) is 14.6. The normalized spacial score (nSPS) is 12.1. The SMILES string of the molecule is C=C(C)C(=O)OCC(COCCCNC)OCCOCCOC. The van der Waals surface area contributed by atoms with Crippen LogP contribution in [-0.2, 0) is 28.5 Å². The number of rotatable bonds is 16. The topological polar surface area (TPSA) is 75.3 Å². The fourth-order valence-electron chi connectivity index (χ4n) is 1.52. The van der Waals surface area contributed by atoms with E-state index in [0.717, 1.165) is 13.0 Å². The van der Waals surface area contributed by atoms with Gasteiger partial charge in [-0.15, -0.1) is 0 Å². The summed E-state index contributed by atoms with van der Waals surface area (Å²) >= 11 is 0. The quantitative estimate of drug-likeness (QED) is 0.254. The Balaban J connectivity index is 3.95. The number of carbonyl (C=O) groups is 1. The summed E-state index contributed by atoms with van der Waals surface area (Å²) in [4.78, 5) is 11.4. The lowest BCUT2D eigenvalue weighted by atomic mass is 10.3. The average molecular weight is 333 g/mol. The smallest absolute Gasteiger partial charge is 0.333 e. The molecule has 1 N–H and O–H groups in total. The van der Waals surface area contributed by atoms with Crippen molar-refractivity contribution in [3.05, 3.63) is 12.2 Å². The van der Waals surface area contributed by atoms with E-state index in [1.165, 1.54) is 0 Å². The highest BCUT2D eigenvalue weighted by molar-refractivity contribution is 5.86. The third-order valence-electron chi connectivity index (χ3n) is 2.78. The standard InChI is InChI=1S/C16H31NO6/c1-14(2)16(18)23-13-15(12-21-7-5-6-17-3)22-11-10-20-9-8-19-4/h15,17H,1,5-13H2,2-4H3. The molecule has 1 unspecified atom stereocenters. The monoisotopic (exact) mass is 333 g/mol. The largest absolute Gasteiger partial charge is 0.459 e. The van der Waals surface area contributed by atoms with Crippen molar-refractivity contribution in [3.63, 3.8) is 0 Å². The molecule has 0 rings (SSSR count). The highest BCUT2D eigenvalue weighted by Gasteiger charge is 2.13. The van der Waals surface area contributed by atoms with Gasteiger partial charge in [-0.05, 0) is 26.9 Å². The van der Waals surface area contributed by atoms with Crippen molar-refractivity contribution in [2.45, 2.75) is 19.4 Å². The van der Waals surface area contributed by atoms with Gasteiger partial charge in [0.25, 0.3) is 0 Å². The van der Waals surface area contributed by atoms with E-state index < -0.39 is 5.97 Å². The Morgan fingerprint density at radius 3 is 2.48 bits per heavy atom. The lowest BCUT2D eigenvalue weighted by molar-refractivity contribution is -0.145. The molecule has 0 saturated heterocycles. The molecule has 0 aliphatic rings. The second kappa shape index (κ2) is 15.9.